The first-order valence-corrected chi connectivity index (χ1v) is 8.92. The van der Waals surface area contributed by atoms with Gasteiger partial charge in [0.2, 0.25) is 0 Å². The molecule has 2 N–H and O–H groups in total. The second-order valence-electron chi connectivity index (χ2n) is 5.78. The Morgan fingerprint density at radius 1 is 1.28 bits per heavy atom. The van der Waals surface area contributed by atoms with Gasteiger partial charge in [-0.05, 0) is 37.1 Å². The minimum absolute atomic E-state index is 0.0802. The molecule has 7 heteroatoms. The van der Waals surface area contributed by atoms with Gasteiger partial charge in [-0.15, -0.1) is 0 Å². The van der Waals surface area contributed by atoms with Gasteiger partial charge < -0.3 is 15.2 Å². The lowest BCUT2D eigenvalue weighted by molar-refractivity contribution is 0.269. The van der Waals surface area contributed by atoms with Crippen LogP contribution in [0, 0.1) is 13.8 Å². The molecule has 0 fully saturated rings. The fraction of sp³-hybridized carbons (Fsp3) is 0.333. The van der Waals surface area contributed by atoms with Crippen LogP contribution in [0.5, 0.6) is 5.75 Å². The summed E-state index contributed by atoms with van der Waals surface area (Å²) in [7, 11) is 1.68. The average molecular weight is 358 g/mol. The SMILES string of the molecule is COc1ccc(CNc2nc(C)c(-c3ccn(CCO)n3)s2)cc1C. The van der Waals surface area contributed by atoms with Gasteiger partial charge in [-0.2, -0.15) is 5.10 Å². The zero-order chi connectivity index (χ0) is 17.8. The highest BCUT2D eigenvalue weighted by molar-refractivity contribution is 7.19. The Labute approximate surface area is 151 Å². The molecule has 0 bridgehead atoms. The zero-order valence-corrected chi connectivity index (χ0v) is 15.4. The van der Waals surface area contributed by atoms with Gasteiger partial charge in [-0.25, -0.2) is 4.98 Å². The van der Waals surface area contributed by atoms with Crippen molar-refractivity contribution in [3.63, 3.8) is 0 Å². The Hall–Kier alpha value is -2.38. The van der Waals surface area contributed by atoms with Crippen molar-refractivity contribution in [1.82, 2.24) is 14.8 Å². The van der Waals surface area contributed by atoms with E-state index in [1.165, 1.54) is 5.56 Å². The van der Waals surface area contributed by atoms with E-state index in [1.54, 1.807) is 23.1 Å². The Morgan fingerprint density at radius 2 is 2.12 bits per heavy atom. The largest absolute Gasteiger partial charge is 0.496 e. The standard InChI is InChI=1S/C18H22N4O2S/c1-12-10-14(4-5-16(12)24-3)11-19-18-20-13(2)17(25-18)15-6-7-22(21-15)8-9-23/h4-7,10,23H,8-9,11H2,1-3H3,(H,19,20). The summed E-state index contributed by atoms with van der Waals surface area (Å²) in [6.45, 7) is 5.31. The number of benzene rings is 1. The smallest absolute Gasteiger partial charge is 0.183 e. The maximum Gasteiger partial charge on any atom is 0.183 e. The van der Waals surface area contributed by atoms with Crippen LogP contribution in [0.3, 0.4) is 0 Å². The molecule has 2 heterocycles. The van der Waals surface area contributed by atoms with E-state index in [4.69, 9.17) is 9.84 Å². The number of hydrogen-bond acceptors (Lipinski definition) is 6. The van der Waals surface area contributed by atoms with Crippen molar-refractivity contribution in [2.24, 2.45) is 0 Å². The third kappa shape index (κ3) is 4.00. The molecule has 0 radical (unpaired) electrons. The third-order valence-electron chi connectivity index (χ3n) is 3.90. The highest BCUT2D eigenvalue weighted by Gasteiger charge is 2.12. The molecule has 0 saturated carbocycles. The fourth-order valence-electron chi connectivity index (χ4n) is 2.65. The van der Waals surface area contributed by atoms with E-state index in [-0.39, 0.29) is 6.61 Å². The summed E-state index contributed by atoms with van der Waals surface area (Å²) < 4.78 is 7.03. The average Bonchev–Trinajstić information content (AvgIpc) is 3.20. The van der Waals surface area contributed by atoms with Crippen molar-refractivity contribution in [2.75, 3.05) is 19.0 Å². The van der Waals surface area contributed by atoms with E-state index in [9.17, 15) is 0 Å². The molecule has 132 valence electrons. The topological polar surface area (TPSA) is 72.2 Å². The van der Waals surface area contributed by atoms with Gasteiger partial charge in [-0.3, -0.25) is 4.68 Å². The number of aryl methyl sites for hydroxylation is 2. The number of nitrogens with one attached hydrogen (secondary N) is 1. The van der Waals surface area contributed by atoms with Crippen LogP contribution in [0.25, 0.3) is 10.6 Å². The molecule has 0 amide bonds. The van der Waals surface area contributed by atoms with Crippen molar-refractivity contribution < 1.29 is 9.84 Å². The summed E-state index contributed by atoms with van der Waals surface area (Å²) in [6.07, 6.45) is 1.87. The van der Waals surface area contributed by atoms with Crippen LogP contribution in [-0.4, -0.2) is 33.6 Å². The zero-order valence-electron chi connectivity index (χ0n) is 14.6. The quantitative estimate of drug-likeness (QED) is 0.678. The summed E-state index contributed by atoms with van der Waals surface area (Å²) in [4.78, 5) is 5.64. The van der Waals surface area contributed by atoms with Crippen LogP contribution < -0.4 is 10.1 Å². The predicted molar refractivity (Wildman–Crippen MR) is 100 cm³/mol. The van der Waals surface area contributed by atoms with E-state index in [0.717, 1.165) is 32.7 Å². The first-order valence-electron chi connectivity index (χ1n) is 8.10. The van der Waals surface area contributed by atoms with Crippen molar-refractivity contribution in [3.8, 4) is 16.3 Å². The maximum absolute atomic E-state index is 9.00. The Morgan fingerprint density at radius 3 is 2.84 bits per heavy atom. The first-order chi connectivity index (χ1) is 12.1. The van der Waals surface area contributed by atoms with Crippen LogP contribution in [0.2, 0.25) is 0 Å². The predicted octanol–water partition coefficient (Wildman–Crippen LogP) is 3.24. The molecule has 25 heavy (non-hydrogen) atoms. The van der Waals surface area contributed by atoms with Gasteiger partial charge in [0.15, 0.2) is 5.13 Å². The summed E-state index contributed by atoms with van der Waals surface area (Å²) in [5.74, 6) is 0.898. The molecule has 0 aliphatic rings. The van der Waals surface area contributed by atoms with E-state index < -0.39 is 0 Å². The first kappa shape index (κ1) is 17.4. The lowest BCUT2D eigenvalue weighted by atomic mass is 10.1. The Kier molecular flexibility index (Phi) is 5.35. The van der Waals surface area contributed by atoms with Gasteiger partial charge >= 0.3 is 0 Å². The summed E-state index contributed by atoms with van der Waals surface area (Å²) in [5.41, 5.74) is 4.14. The number of anilines is 1. The molecule has 3 aromatic rings. The number of aliphatic hydroxyl groups excluding tert-OH is 1. The summed E-state index contributed by atoms with van der Waals surface area (Å²) >= 11 is 1.59. The molecule has 6 nitrogen and oxygen atoms in total. The molecule has 0 spiro atoms. The lowest BCUT2D eigenvalue weighted by Gasteiger charge is -2.07. The number of methoxy groups -OCH3 is 1. The van der Waals surface area contributed by atoms with Crippen LogP contribution in [-0.2, 0) is 13.1 Å². The van der Waals surface area contributed by atoms with Gasteiger partial charge in [0.25, 0.3) is 0 Å². The van der Waals surface area contributed by atoms with Crippen molar-refractivity contribution >= 4 is 16.5 Å². The number of aromatic nitrogens is 3. The number of thiazole rings is 1. The molecule has 3 rings (SSSR count). The molecule has 0 saturated heterocycles. The number of aliphatic hydroxyl groups is 1. The second-order valence-corrected chi connectivity index (χ2v) is 6.78. The number of hydrogen-bond donors (Lipinski definition) is 2. The molecule has 0 aliphatic carbocycles. The van der Waals surface area contributed by atoms with Crippen molar-refractivity contribution in [1.29, 1.82) is 0 Å². The second kappa shape index (κ2) is 7.67. The molecule has 1 aromatic carbocycles. The monoisotopic (exact) mass is 358 g/mol. The van der Waals surface area contributed by atoms with Crippen LogP contribution in [0.4, 0.5) is 5.13 Å². The normalized spacial score (nSPS) is 10.9. The Bertz CT molecular complexity index is 857. The summed E-state index contributed by atoms with van der Waals surface area (Å²) in [6, 6.07) is 8.10. The third-order valence-corrected chi connectivity index (χ3v) is 5.04. The number of rotatable bonds is 7. The van der Waals surface area contributed by atoms with Crippen LogP contribution in [0.15, 0.2) is 30.5 Å². The highest BCUT2D eigenvalue weighted by atomic mass is 32.1. The molecular weight excluding hydrogens is 336 g/mol. The maximum atomic E-state index is 9.00. The molecule has 0 unspecified atom stereocenters. The van der Waals surface area contributed by atoms with Gasteiger partial charge in [-0.1, -0.05) is 23.5 Å². The number of ether oxygens (including phenoxy) is 1. The highest BCUT2D eigenvalue weighted by Crippen LogP contribution is 2.32. The fourth-order valence-corrected chi connectivity index (χ4v) is 3.57. The minimum Gasteiger partial charge on any atom is -0.496 e. The summed E-state index contributed by atoms with van der Waals surface area (Å²) in [5, 5.41) is 17.7. The van der Waals surface area contributed by atoms with E-state index >= 15 is 0 Å². The molecule has 2 aromatic heterocycles. The Balaban J connectivity index is 1.70. The van der Waals surface area contributed by atoms with Gasteiger partial charge in [0, 0.05) is 12.7 Å². The van der Waals surface area contributed by atoms with Crippen LogP contribution >= 0.6 is 11.3 Å². The van der Waals surface area contributed by atoms with E-state index in [1.807, 2.05) is 32.2 Å². The minimum atomic E-state index is 0.0802. The molecule has 0 aliphatic heterocycles. The van der Waals surface area contributed by atoms with Crippen molar-refractivity contribution in [2.45, 2.75) is 26.9 Å². The van der Waals surface area contributed by atoms with Gasteiger partial charge in [0.05, 0.1) is 30.8 Å². The van der Waals surface area contributed by atoms with E-state index in [0.29, 0.717) is 13.1 Å². The van der Waals surface area contributed by atoms with Crippen molar-refractivity contribution in [3.05, 3.63) is 47.3 Å². The van der Waals surface area contributed by atoms with E-state index in [2.05, 4.69) is 27.5 Å². The number of nitrogens with zero attached hydrogens (tertiary/aromatic N) is 3. The molecule has 0 atom stereocenters. The van der Waals surface area contributed by atoms with Crippen LogP contribution in [0.1, 0.15) is 16.8 Å². The molecular formula is C18H22N4O2S. The van der Waals surface area contributed by atoms with Gasteiger partial charge in [0.1, 0.15) is 11.4 Å². The lowest BCUT2D eigenvalue weighted by Crippen LogP contribution is -2.02.